The number of carbonyl (C=O) groups excluding carboxylic acids is 1. The number of aromatic amines is 1. The van der Waals surface area contributed by atoms with Crippen LogP contribution in [-0.4, -0.2) is 51.5 Å². The van der Waals surface area contributed by atoms with Gasteiger partial charge in [0, 0.05) is 26.3 Å². The number of hydrogen-bond acceptors (Lipinski definition) is 5. The highest BCUT2D eigenvalue weighted by molar-refractivity contribution is 5.89. The van der Waals surface area contributed by atoms with Crippen molar-refractivity contribution >= 4 is 22.8 Å². The van der Waals surface area contributed by atoms with Crippen LogP contribution in [0.2, 0.25) is 0 Å². The second-order valence-electron chi connectivity index (χ2n) is 8.32. The van der Waals surface area contributed by atoms with Crippen LogP contribution >= 0.6 is 0 Å². The van der Waals surface area contributed by atoms with Gasteiger partial charge in [-0.2, -0.15) is 5.10 Å². The Morgan fingerprint density at radius 1 is 1.28 bits per heavy atom. The minimum atomic E-state index is -0.530. The highest BCUT2D eigenvalue weighted by Crippen LogP contribution is 2.34. The Morgan fingerprint density at radius 2 is 1.93 bits per heavy atom. The molecule has 2 N–H and O–H groups in total. The summed E-state index contributed by atoms with van der Waals surface area (Å²) in [6.07, 6.45) is 3.69. The summed E-state index contributed by atoms with van der Waals surface area (Å²) in [4.78, 5) is 29.4. The molecule has 162 valence electrons. The molecule has 29 heavy (non-hydrogen) atoms. The largest absolute Gasteiger partial charge is 0.444 e. The molecule has 0 aliphatic carbocycles. The molecule has 0 fully saturated rings. The number of pyridine rings is 1. The van der Waals surface area contributed by atoms with Crippen LogP contribution in [0.3, 0.4) is 0 Å². The Bertz CT molecular complexity index is 890. The van der Waals surface area contributed by atoms with Crippen LogP contribution < -0.4 is 10.9 Å². The SMILES string of the molecule is CCN(CCC(CC)(CC)n1nc(NC)c2c(=O)[nH]ccc21)C(=O)OC(C)(C)C. The van der Waals surface area contributed by atoms with Gasteiger partial charge in [-0.15, -0.1) is 0 Å². The van der Waals surface area contributed by atoms with Crippen LogP contribution in [0.4, 0.5) is 10.6 Å². The molecule has 0 saturated heterocycles. The van der Waals surface area contributed by atoms with E-state index >= 15 is 0 Å². The van der Waals surface area contributed by atoms with Gasteiger partial charge in [0.2, 0.25) is 0 Å². The number of amides is 1. The third-order valence-corrected chi connectivity index (χ3v) is 5.49. The van der Waals surface area contributed by atoms with Crippen molar-refractivity contribution in [3.63, 3.8) is 0 Å². The lowest BCUT2D eigenvalue weighted by atomic mass is 9.88. The fourth-order valence-electron chi connectivity index (χ4n) is 3.67. The van der Waals surface area contributed by atoms with Crippen molar-refractivity contribution in [1.82, 2.24) is 19.7 Å². The van der Waals surface area contributed by atoms with Gasteiger partial charge in [0.05, 0.1) is 11.1 Å². The van der Waals surface area contributed by atoms with Crippen LogP contribution in [0.5, 0.6) is 0 Å². The van der Waals surface area contributed by atoms with Gasteiger partial charge < -0.3 is 19.9 Å². The molecule has 0 atom stereocenters. The van der Waals surface area contributed by atoms with Crippen LogP contribution in [0.15, 0.2) is 17.1 Å². The van der Waals surface area contributed by atoms with E-state index < -0.39 is 5.60 Å². The van der Waals surface area contributed by atoms with Crippen molar-refractivity contribution in [2.24, 2.45) is 0 Å². The Hall–Kier alpha value is -2.51. The maximum atomic E-state index is 12.6. The molecule has 8 nitrogen and oxygen atoms in total. The van der Waals surface area contributed by atoms with E-state index in [-0.39, 0.29) is 17.2 Å². The number of fused-ring (bicyclic) bond motifs is 1. The first-order valence-electron chi connectivity index (χ1n) is 10.4. The molecule has 1 amide bonds. The fraction of sp³-hybridized carbons (Fsp3) is 0.667. The predicted molar refractivity (Wildman–Crippen MR) is 117 cm³/mol. The Labute approximate surface area is 172 Å². The summed E-state index contributed by atoms with van der Waals surface area (Å²) < 4.78 is 7.51. The quantitative estimate of drug-likeness (QED) is 0.694. The second kappa shape index (κ2) is 8.88. The number of rotatable bonds is 8. The Morgan fingerprint density at radius 3 is 2.45 bits per heavy atom. The molecule has 2 aromatic rings. The standard InChI is InChI=1S/C21H35N5O3/c1-8-21(9-2,12-14-25(10-3)19(28)29-20(4,5)6)26-15-11-13-23-18(27)16(15)17(22-7)24-26/h11,13H,8-10,12,14H2,1-7H3,(H,22,24)(H,23,27). The van der Waals surface area contributed by atoms with Crippen molar-refractivity contribution in [2.75, 3.05) is 25.5 Å². The number of anilines is 1. The number of nitrogens with zero attached hydrogens (tertiary/aromatic N) is 3. The van der Waals surface area contributed by atoms with Gasteiger partial charge in [-0.1, -0.05) is 13.8 Å². The maximum absolute atomic E-state index is 12.6. The van der Waals surface area contributed by atoms with E-state index in [1.54, 1.807) is 18.1 Å². The minimum absolute atomic E-state index is 0.164. The van der Waals surface area contributed by atoms with Gasteiger partial charge in [-0.25, -0.2) is 4.79 Å². The first-order chi connectivity index (χ1) is 13.6. The lowest BCUT2D eigenvalue weighted by Gasteiger charge is -2.35. The summed E-state index contributed by atoms with van der Waals surface area (Å²) in [5.74, 6) is 0.563. The molecular weight excluding hydrogens is 370 g/mol. The highest BCUT2D eigenvalue weighted by atomic mass is 16.6. The number of aromatic nitrogens is 3. The van der Waals surface area contributed by atoms with Crippen molar-refractivity contribution in [3.05, 3.63) is 22.6 Å². The fourth-order valence-corrected chi connectivity index (χ4v) is 3.67. The minimum Gasteiger partial charge on any atom is -0.444 e. The monoisotopic (exact) mass is 405 g/mol. The normalized spacial score (nSPS) is 12.2. The lowest BCUT2D eigenvalue weighted by molar-refractivity contribution is 0.0232. The second-order valence-corrected chi connectivity index (χ2v) is 8.32. The third kappa shape index (κ3) is 4.74. The number of nitrogens with one attached hydrogen (secondary N) is 2. The Balaban J connectivity index is 2.40. The molecule has 0 spiro atoms. The molecule has 0 bridgehead atoms. The molecule has 2 heterocycles. The summed E-state index contributed by atoms with van der Waals surface area (Å²) in [7, 11) is 1.76. The summed E-state index contributed by atoms with van der Waals surface area (Å²) in [6.45, 7) is 12.9. The highest BCUT2D eigenvalue weighted by Gasteiger charge is 2.33. The Kier molecular flexibility index (Phi) is 6.97. The van der Waals surface area contributed by atoms with E-state index in [2.05, 4.69) is 24.1 Å². The van der Waals surface area contributed by atoms with E-state index in [4.69, 9.17) is 9.84 Å². The predicted octanol–water partition coefficient (Wildman–Crippen LogP) is 3.93. The molecule has 0 aliphatic heterocycles. The number of carbonyl (C=O) groups is 1. The summed E-state index contributed by atoms with van der Waals surface area (Å²) in [5, 5.41) is 8.33. The van der Waals surface area contributed by atoms with Crippen molar-refractivity contribution in [1.29, 1.82) is 0 Å². The van der Waals surface area contributed by atoms with Crippen molar-refractivity contribution in [3.8, 4) is 0 Å². The zero-order chi connectivity index (χ0) is 21.8. The topological polar surface area (TPSA) is 92.3 Å². The van der Waals surface area contributed by atoms with Gasteiger partial charge in [0.25, 0.3) is 5.56 Å². The summed E-state index contributed by atoms with van der Waals surface area (Å²) >= 11 is 0. The van der Waals surface area contributed by atoms with Crippen LogP contribution in [-0.2, 0) is 10.3 Å². The van der Waals surface area contributed by atoms with Gasteiger partial charge in [0.1, 0.15) is 11.0 Å². The molecular formula is C21H35N5O3. The zero-order valence-electron chi connectivity index (χ0n) is 18.8. The molecule has 0 aliphatic rings. The van der Waals surface area contributed by atoms with Gasteiger partial charge >= 0.3 is 6.09 Å². The molecule has 8 heteroatoms. The first kappa shape index (κ1) is 22.8. The van der Waals surface area contributed by atoms with Crippen LogP contribution in [0.25, 0.3) is 10.9 Å². The number of hydrogen-bond donors (Lipinski definition) is 2. The number of ether oxygens (including phenoxy) is 1. The van der Waals surface area contributed by atoms with E-state index in [1.165, 1.54) is 0 Å². The summed E-state index contributed by atoms with van der Waals surface area (Å²) in [5.41, 5.74) is -0.223. The molecule has 0 aromatic carbocycles. The maximum Gasteiger partial charge on any atom is 0.410 e. The molecule has 2 aromatic heterocycles. The smallest absolute Gasteiger partial charge is 0.410 e. The molecule has 0 unspecified atom stereocenters. The van der Waals surface area contributed by atoms with Crippen LogP contribution in [0.1, 0.15) is 60.8 Å². The van der Waals surface area contributed by atoms with E-state index in [0.717, 1.165) is 18.4 Å². The first-order valence-corrected chi connectivity index (χ1v) is 10.4. The average Bonchev–Trinajstić information content (AvgIpc) is 3.05. The molecule has 0 saturated carbocycles. The lowest BCUT2D eigenvalue weighted by Crippen LogP contribution is -2.42. The van der Waals surface area contributed by atoms with Gasteiger partial charge in [-0.05, 0) is 53.0 Å². The van der Waals surface area contributed by atoms with Gasteiger partial charge in [-0.3, -0.25) is 9.48 Å². The van der Waals surface area contributed by atoms with E-state index in [9.17, 15) is 9.59 Å². The zero-order valence-corrected chi connectivity index (χ0v) is 18.8. The van der Waals surface area contributed by atoms with Gasteiger partial charge in [0.15, 0.2) is 5.82 Å². The van der Waals surface area contributed by atoms with Crippen molar-refractivity contribution in [2.45, 2.75) is 71.9 Å². The van der Waals surface area contributed by atoms with Crippen molar-refractivity contribution < 1.29 is 9.53 Å². The molecule has 2 rings (SSSR count). The number of H-pyrrole nitrogens is 1. The summed E-state index contributed by atoms with van der Waals surface area (Å²) in [6, 6.07) is 1.89. The molecule has 0 radical (unpaired) electrons. The van der Waals surface area contributed by atoms with E-state index in [0.29, 0.717) is 30.7 Å². The third-order valence-electron chi connectivity index (χ3n) is 5.49. The van der Waals surface area contributed by atoms with E-state index in [1.807, 2.05) is 38.4 Å². The van der Waals surface area contributed by atoms with Crippen LogP contribution in [0, 0.1) is 0 Å². The average molecular weight is 406 g/mol.